The Morgan fingerprint density at radius 2 is 1.92 bits per heavy atom. The highest BCUT2D eigenvalue weighted by molar-refractivity contribution is 7.80. The van der Waals surface area contributed by atoms with E-state index in [1.807, 2.05) is 0 Å². The summed E-state index contributed by atoms with van der Waals surface area (Å²) < 4.78 is 40.3. The van der Waals surface area contributed by atoms with Gasteiger partial charge >= 0.3 is 16.4 Å². The molecule has 0 aromatic carbocycles. The molecule has 3 amide bonds. The highest BCUT2D eigenvalue weighted by atomic mass is 32.3. The molecule has 4 fully saturated rings. The zero-order chi connectivity index (χ0) is 18.5. The number of rotatable bonds is 5. The van der Waals surface area contributed by atoms with Gasteiger partial charge in [-0.25, -0.2) is 10.3 Å². The van der Waals surface area contributed by atoms with Gasteiger partial charge in [-0.1, -0.05) is 0 Å². The summed E-state index contributed by atoms with van der Waals surface area (Å²) in [5.41, 5.74) is 2.45. The van der Waals surface area contributed by atoms with E-state index in [-0.39, 0.29) is 12.6 Å². The molecule has 0 spiro atoms. The topological polar surface area (TPSA) is 135 Å². The molecule has 2 N–H and O–H groups in total. The lowest BCUT2D eigenvalue weighted by Crippen LogP contribution is -2.50. The Hall–Kier alpha value is -1.47. The van der Waals surface area contributed by atoms with Crippen LogP contribution in [0.2, 0.25) is 0 Å². The van der Waals surface area contributed by atoms with E-state index < -0.39 is 34.4 Å². The zero-order valence-electron chi connectivity index (χ0n) is 13.9. The van der Waals surface area contributed by atoms with E-state index in [1.165, 1.54) is 4.90 Å². The molecule has 146 valence electrons. The molecule has 1 saturated carbocycles. The average molecular weight is 391 g/mol. The van der Waals surface area contributed by atoms with E-state index in [0.29, 0.717) is 29.7 Å². The van der Waals surface area contributed by atoms with Crippen molar-refractivity contribution < 1.29 is 36.4 Å². The second-order valence-corrected chi connectivity index (χ2v) is 8.25. The van der Waals surface area contributed by atoms with Crippen molar-refractivity contribution in [3.63, 3.8) is 0 Å². The van der Waals surface area contributed by atoms with Crippen molar-refractivity contribution in [3.05, 3.63) is 0 Å². The van der Waals surface area contributed by atoms with Crippen molar-refractivity contribution in [3.8, 4) is 0 Å². The number of nitrogens with one attached hydrogen (secondary N) is 1. The number of ether oxygens (including phenoxy) is 1. The molecule has 3 heterocycles. The molecule has 1 aliphatic carbocycles. The number of carbonyl (C=O) groups excluding carboxylic acids is 2. The lowest BCUT2D eigenvalue weighted by Gasteiger charge is -2.29. The van der Waals surface area contributed by atoms with Gasteiger partial charge in [0.15, 0.2) is 0 Å². The molecule has 0 aromatic heterocycles. The summed E-state index contributed by atoms with van der Waals surface area (Å²) in [6.07, 6.45) is 2.32. The van der Waals surface area contributed by atoms with Gasteiger partial charge < -0.3 is 9.64 Å². The summed E-state index contributed by atoms with van der Waals surface area (Å²) in [5.74, 6) is 0.496. The normalized spacial score (nSPS) is 36.5. The van der Waals surface area contributed by atoms with E-state index in [1.54, 1.807) is 0 Å². The zero-order valence-corrected chi connectivity index (χ0v) is 14.8. The van der Waals surface area contributed by atoms with E-state index in [2.05, 4.69) is 9.76 Å². The lowest BCUT2D eigenvalue weighted by atomic mass is 10.0. The van der Waals surface area contributed by atoms with E-state index >= 15 is 0 Å². The monoisotopic (exact) mass is 391 g/mol. The van der Waals surface area contributed by atoms with Gasteiger partial charge in [-0.05, 0) is 37.5 Å². The van der Waals surface area contributed by atoms with Gasteiger partial charge in [-0.2, -0.15) is 13.5 Å². The second kappa shape index (κ2) is 6.60. The molecule has 4 aliphatic rings. The van der Waals surface area contributed by atoms with Gasteiger partial charge in [0.25, 0.3) is 5.91 Å². The van der Waals surface area contributed by atoms with Gasteiger partial charge in [0, 0.05) is 19.8 Å². The van der Waals surface area contributed by atoms with Crippen LogP contribution in [-0.2, 0) is 29.1 Å². The summed E-state index contributed by atoms with van der Waals surface area (Å²) in [6, 6.07) is -2.06. The Balaban J connectivity index is 1.32. The van der Waals surface area contributed by atoms with Crippen molar-refractivity contribution in [1.29, 1.82) is 0 Å². The molecular weight excluding hydrogens is 370 g/mol. The van der Waals surface area contributed by atoms with Gasteiger partial charge in [-0.15, -0.1) is 4.28 Å². The molecule has 3 aliphatic heterocycles. The largest absolute Gasteiger partial charge is 0.418 e. The van der Waals surface area contributed by atoms with Crippen LogP contribution >= 0.6 is 0 Å². The Morgan fingerprint density at radius 3 is 2.58 bits per heavy atom. The predicted octanol–water partition coefficient (Wildman–Crippen LogP) is -0.538. The van der Waals surface area contributed by atoms with Crippen LogP contribution in [0.3, 0.4) is 0 Å². The third-order valence-corrected chi connectivity index (χ3v) is 5.94. The number of amides is 3. The number of hydroxylamine groups is 3. The fourth-order valence-corrected chi connectivity index (χ4v) is 4.73. The quantitative estimate of drug-likeness (QED) is 0.471. The Morgan fingerprint density at radius 1 is 1.23 bits per heavy atom. The molecule has 12 heteroatoms. The summed E-state index contributed by atoms with van der Waals surface area (Å²) in [6.45, 7) is 1.61. The minimum atomic E-state index is -4.80. The number of urea groups is 1. The van der Waals surface area contributed by atoms with Crippen LogP contribution in [0.1, 0.15) is 25.7 Å². The molecule has 2 bridgehead atoms. The van der Waals surface area contributed by atoms with Gasteiger partial charge in [0.2, 0.25) is 0 Å². The lowest BCUT2D eigenvalue weighted by molar-refractivity contribution is -0.144. The Labute approximate surface area is 150 Å². The second-order valence-electron chi connectivity index (χ2n) is 7.25. The number of carbonyl (C=O) groups is 2. The van der Waals surface area contributed by atoms with E-state index in [9.17, 15) is 18.0 Å². The summed E-state index contributed by atoms with van der Waals surface area (Å²) in [7, 11) is -4.80. The maximum absolute atomic E-state index is 12.4. The number of piperidine rings is 1. The standard InChI is InChI=1S/C14H21N3O8S/c18-13(15-24-11-3-8-6-23-7-9(8)4-11)12-2-1-10-5-16(12)14(19)17(10)25-26(20,21)22/h8-12H,1-7H2,(H,15,18)(H,20,21,22)/t8?,9?,10?,11?,12-/m0/s1. The summed E-state index contributed by atoms with van der Waals surface area (Å²) >= 11 is 0. The highest BCUT2D eigenvalue weighted by Crippen LogP contribution is 2.38. The third-order valence-electron chi connectivity index (χ3n) is 5.59. The smallest absolute Gasteiger partial charge is 0.381 e. The molecule has 4 atom stereocenters. The van der Waals surface area contributed by atoms with Gasteiger partial charge in [0.1, 0.15) is 6.04 Å². The summed E-state index contributed by atoms with van der Waals surface area (Å²) in [5, 5.41) is 0.613. The van der Waals surface area contributed by atoms with Gasteiger partial charge in [0.05, 0.1) is 12.1 Å². The minimum Gasteiger partial charge on any atom is -0.381 e. The minimum absolute atomic E-state index is 0.0668. The number of hydrogen-bond acceptors (Lipinski definition) is 7. The van der Waals surface area contributed by atoms with Crippen molar-refractivity contribution in [2.24, 2.45) is 11.8 Å². The third kappa shape index (κ3) is 3.39. The number of fused-ring (bicyclic) bond motifs is 3. The van der Waals surface area contributed by atoms with E-state index in [0.717, 1.165) is 26.1 Å². The predicted molar refractivity (Wildman–Crippen MR) is 83.4 cm³/mol. The first-order valence-electron chi connectivity index (χ1n) is 8.62. The molecule has 0 aromatic rings. The van der Waals surface area contributed by atoms with Crippen LogP contribution in [0, 0.1) is 11.8 Å². The fourth-order valence-electron chi connectivity index (χ4n) is 4.35. The van der Waals surface area contributed by atoms with Crippen LogP contribution in [0.15, 0.2) is 0 Å². The van der Waals surface area contributed by atoms with Crippen LogP contribution in [-0.4, -0.2) is 72.8 Å². The Kier molecular flexibility index (Phi) is 4.55. The SMILES string of the molecule is O=C(NOC1CC2COCC2C1)[C@@H]1CCC2CN1C(=O)N2OS(=O)(=O)O. The maximum Gasteiger partial charge on any atom is 0.418 e. The van der Waals surface area contributed by atoms with Gasteiger partial charge in [-0.3, -0.25) is 14.2 Å². The molecular formula is C14H21N3O8S. The molecule has 3 saturated heterocycles. The fraction of sp³-hybridized carbons (Fsp3) is 0.857. The molecule has 3 unspecified atom stereocenters. The maximum atomic E-state index is 12.4. The van der Waals surface area contributed by atoms with E-state index in [4.69, 9.17) is 14.1 Å². The number of nitrogens with zero attached hydrogens (tertiary/aromatic N) is 2. The highest BCUT2D eigenvalue weighted by Gasteiger charge is 2.49. The first kappa shape index (κ1) is 17.9. The van der Waals surface area contributed by atoms with Crippen molar-refractivity contribution >= 4 is 22.3 Å². The molecule has 4 rings (SSSR count). The molecule has 26 heavy (non-hydrogen) atoms. The van der Waals surface area contributed by atoms with Crippen LogP contribution < -0.4 is 5.48 Å². The van der Waals surface area contributed by atoms with Crippen LogP contribution in [0.5, 0.6) is 0 Å². The molecule has 0 radical (unpaired) electrons. The van der Waals surface area contributed by atoms with Crippen LogP contribution in [0.25, 0.3) is 0 Å². The first-order chi connectivity index (χ1) is 12.3. The van der Waals surface area contributed by atoms with Crippen molar-refractivity contribution in [2.45, 2.75) is 43.9 Å². The first-order valence-corrected chi connectivity index (χ1v) is 9.98. The van der Waals surface area contributed by atoms with Crippen molar-refractivity contribution in [1.82, 2.24) is 15.4 Å². The van der Waals surface area contributed by atoms with Crippen LogP contribution in [0.4, 0.5) is 4.79 Å². The Bertz CT molecular complexity index is 688. The molecule has 11 nitrogen and oxygen atoms in total. The summed E-state index contributed by atoms with van der Waals surface area (Å²) in [4.78, 5) is 31.5. The van der Waals surface area contributed by atoms with Crippen molar-refractivity contribution in [2.75, 3.05) is 19.8 Å². The average Bonchev–Trinajstić information content (AvgIpc) is 3.22. The number of hydrogen-bond donors (Lipinski definition) is 2.